The van der Waals surface area contributed by atoms with E-state index in [4.69, 9.17) is 28.3 Å². The van der Waals surface area contributed by atoms with E-state index in [0.29, 0.717) is 31.4 Å². The molecule has 3 aromatic rings. The van der Waals surface area contributed by atoms with Crippen molar-refractivity contribution in [3.63, 3.8) is 0 Å². The second kappa shape index (κ2) is 5.19. The number of halogens is 1. The molecule has 0 unspecified atom stereocenters. The number of nitrogen functional groups attached to an aromatic ring is 2. The summed E-state index contributed by atoms with van der Waals surface area (Å²) in [4.78, 5) is 5.31. The largest absolute Gasteiger partial charge is 0.397 e. The Bertz CT molecular complexity index is 994. The summed E-state index contributed by atoms with van der Waals surface area (Å²) in [6.07, 6.45) is 0. The number of anilines is 2. The van der Waals surface area contributed by atoms with E-state index in [1.165, 1.54) is 0 Å². The van der Waals surface area contributed by atoms with Gasteiger partial charge in [0.15, 0.2) is 0 Å². The Labute approximate surface area is 135 Å². The third kappa shape index (κ3) is 1.94. The molecule has 2 heterocycles. The van der Waals surface area contributed by atoms with E-state index in [0.717, 1.165) is 11.3 Å². The average Bonchev–Trinajstić information content (AvgIpc) is 2.84. The molecule has 1 aromatic carbocycles. The van der Waals surface area contributed by atoms with Gasteiger partial charge in [-0.15, -0.1) is 11.3 Å². The number of hydrogen-bond donors (Lipinski definition) is 2. The summed E-state index contributed by atoms with van der Waals surface area (Å²) >= 11 is 7.33. The molecule has 0 saturated heterocycles. The van der Waals surface area contributed by atoms with E-state index in [2.05, 4.69) is 11.1 Å². The SMILES string of the molecule is N#Cc1sc2nc(-c3ccccc3Cl)c(C#N)c(N)c2c1N. The monoisotopic (exact) mass is 325 g/mol. The summed E-state index contributed by atoms with van der Waals surface area (Å²) in [5.74, 6) is 0. The topological polar surface area (TPSA) is 113 Å². The maximum Gasteiger partial charge on any atom is 0.130 e. The van der Waals surface area contributed by atoms with E-state index < -0.39 is 0 Å². The first-order valence-electron chi connectivity index (χ1n) is 6.15. The number of nitrogens with zero attached hydrogens (tertiary/aromatic N) is 3. The minimum absolute atomic E-state index is 0.203. The van der Waals surface area contributed by atoms with Crippen LogP contribution in [-0.2, 0) is 0 Å². The predicted molar refractivity (Wildman–Crippen MR) is 88.3 cm³/mol. The minimum atomic E-state index is 0.203. The lowest BCUT2D eigenvalue weighted by molar-refractivity contribution is 1.38. The summed E-state index contributed by atoms with van der Waals surface area (Å²) in [5, 5.41) is 19.5. The van der Waals surface area contributed by atoms with Crippen LogP contribution < -0.4 is 11.5 Å². The Kier molecular flexibility index (Phi) is 3.34. The fraction of sp³-hybridized carbons (Fsp3) is 0. The highest BCUT2D eigenvalue weighted by molar-refractivity contribution is 7.20. The highest BCUT2D eigenvalue weighted by atomic mass is 35.5. The fourth-order valence-electron chi connectivity index (χ4n) is 2.22. The molecule has 0 aliphatic carbocycles. The third-order valence-corrected chi connectivity index (χ3v) is 4.59. The number of thiophene rings is 1. The van der Waals surface area contributed by atoms with Crippen LogP contribution in [0.2, 0.25) is 5.02 Å². The smallest absolute Gasteiger partial charge is 0.130 e. The van der Waals surface area contributed by atoms with Gasteiger partial charge in [0.2, 0.25) is 0 Å². The number of pyridine rings is 1. The van der Waals surface area contributed by atoms with Gasteiger partial charge in [0.1, 0.15) is 27.4 Å². The molecule has 0 radical (unpaired) electrons. The molecule has 22 heavy (non-hydrogen) atoms. The van der Waals surface area contributed by atoms with Gasteiger partial charge in [-0.1, -0.05) is 29.8 Å². The van der Waals surface area contributed by atoms with E-state index in [1.54, 1.807) is 24.3 Å². The molecule has 0 saturated carbocycles. The van der Waals surface area contributed by atoms with Crippen LogP contribution in [0.5, 0.6) is 0 Å². The number of nitrogens with two attached hydrogens (primary N) is 2. The van der Waals surface area contributed by atoms with Crippen molar-refractivity contribution in [3.05, 3.63) is 39.7 Å². The lowest BCUT2D eigenvalue weighted by Crippen LogP contribution is -1.99. The number of aromatic nitrogens is 1. The second-order valence-corrected chi connectivity index (χ2v) is 5.88. The summed E-state index contributed by atoms with van der Waals surface area (Å²) in [6.45, 7) is 0. The van der Waals surface area contributed by atoms with Gasteiger partial charge in [-0.2, -0.15) is 10.5 Å². The zero-order valence-electron chi connectivity index (χ0n) is 11.1. The Morgan fingerprint density at radius 3 is 2.45 bits per heavy atom. The van der Waals surface area contributed by atoms with Crippen molar-refractivity contribution in [1.82, 2.24) is 4.98 Å². The molecule has 106 valence electrons. The molecular formula is C15H8ClN5S. The normalized spacial score (nSPS) is 10.3. The first kappa shape index (κ1) is 14.2. The molecule has 0 aliphatic heterocycles. The van der Waals surface area contributed by atoms with Crippen molar-refractivity contribution in [2.75, 3.05) is 11.5 Å². The van der Waals surface area contributed by atoms with Crippen molar-refractivity contribution in [1.29, 1.82) is 10.5 Å². The summed E-state index contributed by atoms with van der Waals surface area (Å²) in [6, 6.07) is 11.1. The highest BCUT2D eigenvalue weighted by Crippen LogP contribution is 2.41. The van der Waals surface area contributed by atoms with Gasteiger partial charge < -0.3 is 11.5 Å². The predicted octanol–water partition coefficient (Wildman–Crippen LogP) is 3.52. The Hall–Kier alpha value is -2.80. The second-order valence-electron chi connectivity index (χ2n) is 4.48. The number of benzene rings is 1. The number of nitriles is 2. The van der Waals surface area contributed by atoms with Gasteiger partial charge in [0, 0.05) is 5.56 Å². The number of hydrogen-bond acceptors (Lipinski definition) is 6. The van der Waals surface area contributed by atoms with Crippen molar-refractivity contribution in [3.8, 4) is 23.4 Å². The fourth-order valence-corrected chi connectivity index (χ4v) is 3.36. The number of rotatable bonds is 1. The number of fused-ring (bicyclic) bond motifs is 1. The Morgan fingerprint density at radius 1 is 1.09 bits per heavy atom. The van der Waals surface area contributed by atoms with Gasteiger partial charge >= 0.3 is 0 Å². The van der Waals surface area contributed by atoms with E-state index >= 15 is 0 Å². The lowest BCUT2D eigenvalue weighted by atomic mass is 10.0. The van der Waals surface area contributed by atoms with Crippen LogP contribution in [-0.4, -0.2) is 4.98 Å². The molecule has 0 aliphatic rings. The quantitative estimate of drug-likeness (QED) is 0.710. The minimum Gasteiger partial charge on any atom is -0.397 e. The van der Waals surface area contributed by atoms with Crippen LogP contribution in [0.25, 0.3) is 21.5 Å². The molecule has 0 atom stereocenters. The van der Waals surface area contributed by atoms with Gasteiger partial charge in [0.25, 0.3) is 0 Å². The zero-order chi connectivity index (χ0) is 15.9. The van der Waals surface area contributed by atoms with Crippen molar-refractivity contribution < 1.29 is 0 Å². The van der Waals surface area contributed by atoms with Crippen LogP contribution in [0.1, 0.15) is 10.4 Å². The molecule has 0 amide bonds. The first-order chi connectivity index (χ1) is 10.6. The van der Waals surface area contributed by atoms with Crippen LogP contribution in [0.4, 0.5) is 11.4 Å². The first-order valence-corrected chi connectivity index (χ1v) is 7.34. The molecule has 5 nitrogen and oxygen atoms in total. The van der Waals surface area contributed by atoms with Gasteiger partial charge in [0.05, 0.1) is 27.5 Å². The van der Waals surface area contributed by atoms with Crippen LogP contribution in [0.15, 0.2) is 24.3 Å². The zero-order valence-corrected chi connectivity index (χ0v) is 12.7. The molecule has 2 aromatic heterocycles. The molecule has 4 N–H and O–H groups in total. The van der Waals surface area contributed by atoms with Crippen molar-refractivity contribution in [2.45, 2.75) is 0 Å². The van der Waals surface area contributed by atoms with Crippen molar-refractivity contribution in [2.24, 2.45) is 0 Å². The highest BCUT2D eigenvalue weighted by Gasteiger charge is 2.21. The molecule has 7 heteroatoms. The van der Waals surface area contributed by atoms with Crippen LogP contribution >= 0.6 is 22.9 Å². The van der Waals surface area contributed by atoms with Crippen molar-refractivity contribution >= 4 is 44.5 Å². The average molecular weight is 326 g/mol. The van der Waals surface area contributed by atoms with Crippen LogP contribution in [0.3, 0.4) is 0 Å². The standard InChI is InChI=1S/C15H8ClN5S/c16-9-4-2-1-3-7(9)14-8(5-17)12(19)11-13(20)10(6-18)22-15(11)21-14/h1-4H,20H2,(H2,19,21). The summed E-state index contributed by atoms with van der Waals surface area (Å²) in [5.41, 5.74) is 13.7. The third-order valence-electron chi connectivity index (χ3n) is 3.26. The maximum atomic E-state index is 9.45. The van der Waals surface area contributed by atoms with Gasteiger partial charge in [-0.25, -0.2) is 4.98 Å². The Balaban J connectivity index is 2.45. The molecule has 0 bridgehead atoms. The van der Waals surface area contributed by atoms with E-state index in [-0.39, 0.29) is 16.9 Å². The van der Waals surface area contributed by atoms with Gasteiger partial charge in [-0.3, -0.25) is 0 Å². The van der Waals surface area contributed by atoms with Crippen LogP contribution in [0, 0.1) is 22.7 Å². The maximum absolute atomic E-state index is 9.45. The molecule has 0 fully saturated rings. The molecule has 3 rings (SSSR count). The summed E-state index contributed by atoms with van der Waals surface area (Å²) < 4.78 is 0. The molecular weight excluding hydrogens is 318 g/mol. The lowest BCUT2D eigenvalue weighted by Gasteiger charge is -2.09. The van der Waals surface area contributed by atoms with Gasteiger partial charge in [-0.05, 0) is 6.07 Å². The summed E-state index contributed by atoms with van der Waals surface area (Å²) in [7, 11) is 0. The Morgan fingerprint density at radius 2 is 1.82 bits per heavy atom. The van der Waals surface area contributed by atoms with E-state index in [1.807, 2.05) is 6.07 Å². The molecule has 0 spiro atoms. The van der Waals surface area contributed by atoms with E-state index in [9.17, 15) is 5.26 Å².